The van der Waals surface area contributed by atoms with Crippen molar-refractivity contribution in [2.24, 2.45) is 0 Å². The van der Waals surface area contributed by atoms with Crippen molar-refractivity contribution in [3.8, 4) is 0 Å². The van der Waals surface area contributed by atoms with Crippen LogP contribution in [-0.2, 0) is 6.42 Å². The molecule has 2 atom stereocenters. The van der Waals surface area contributed by atoms with Gasteiger partial charge in [-0.05, 0) is 19.4 Å². The zero-order valence-corrected chi connectivity index (χ0v) is 8.26. The lowest BCUT2D eigenvalue weighted by molar-refractivity contribution is 0.137. The minimum atomic E-state index is -0.247. The molecular weight excluding hydrogens is 184 g/mol. The van der Waals surface area contributed by atoms with E-state index in [1.807, 2.05) is 11.7 Å². The number of nitrogens with zero attached hydrogens (tertiary/aromatic N) is 1. The summed E-state index contributed by atoms with van der Waals surface area (Å²) in [5.41, 5.74) is 1.81. The molecule has 0 amide bonds. The van der Waals surface area contributed by atoms with Gasteiger partial charge in [0.15, 0.2) is 0 Å². The summed E-state index contributed by atoms with van der Waals surface area (Å²) < 4.78 is 0. The lowest BCUT2D eigenvalue weighted by Gasteiger charge is -2.16. The summed E-state index contributed by atoms with van der Waals surface area (Å²) >= 11 is 1.61. The maximum atomic E-state index is 9.84. The average Bonchev–Trinajstić information content (AvgIpc) is 2.74. The van der Waals surface area contributed by atoms with E-state index in [-0.39, 0.29) is 6.10 Å². The van der Waals surface area contributed by atoms with E-state index in [0.29, 0.717) is 6.04 Å². The van der Waals surface area contributed by atoms with E-state index in [2.05, 4.69) is 10.3 Å². The van der Waals surface area contributed by atoms with Crippen LogP contribution in [0.15, 0.2) is 11.7 Å². The van der Waals surface area contributed by atoms with Gasteiger partial charge in [0.2, 0.25) is 0 Å². The Morgan fingerprint density at radius 1 is 1.77 bits per heavy atom. The number of aliphatic hydroxyl groups excluding tert-OH is 1. The standard InChI is InChI=1S/C9H14N2OS/c12-9(8-2-1-3-11-8)4-7-5-10-6-13-7/h5-6,8-9,11-12H,1-4H2. The zero-order chi connectivity index (χ0) is 9.10. The summed E-state index contributed by atoms with van der Waals surface area (Å²) in [6.45, 7) is 1.05. The number of hydrogen-bond donors (Lipinski definition) is 2. The first-order valence-electron chi connectivity index (χ1n) is 4.65. The summed E-state index contributed by atoms with van der Waals surface area (Å²) in [4.78, 5) is 5.16. The molecule has 1 aliphatic heterocycles. The Hall–Kier alpha value is -0.450. The molecule has 4 heteroatoms. The van der Waals surface area contributed by atoms with Crippen LogP contribution in [0.5, 0.6) is 0 Å². The SMILES string of the molecule is OC(Cc1cncs1)C1CCCN1. The second-order valence-electron chi connectivity index (χ2n) is 3.44. The minimum absolute atomic E-state index is 0.247. The zero-order valence-electron chi connectivity index (χ0n) is 7.44. The second kappa shape index (κ2) is 4.17. The number of rotatable bonds is 3. The highest BCUT2D eigenvalue weighted by Crippen LogP contribution is 2.15. The monoisotopic (exact) mass is 198 g/mol. The predicted molar refractivity (Wildman–Crippen MR) is 52.8 cm³/mol. The third kappa shape index (κ3) is 2.27. The molecule has 2 heterocycles. The van der Waals surface area contributed by atoms with Gasteiger partial charge < -0.3 is 10.4 Å². The lowest BCUT2D eigenvalue weighted by atomic mass is 10.1. The van der Waals surface area contributed by atoms with Gasteiger partial charge in [0.05, 0.1) is 11.6 Å². The lowest BCUT2D eigenvalue weighted by Crippen LogP contribution is -2.35. The number of thiazole rings is 1. The Balaban J connectivity index is 1.87. The molecule has 2 N–H and O–H groups in total. The van der Waals surface area contributed by atoms with Crippen molar-refractivity contribution < 1.29 is 5.11 Å². The van der Waals surface area contributed by atoms with Gasteiger partial charge in [-0.3, -0.25) is 4.98 Å². The highest BCUT2D eigenvalue weighted by atomic mass is 32.1. The molecule has 1 aromatic rings. The first-order chi connectivity index (χ1) is 6.36. The summed E-state index contributed by atoms with van der Waals surface area (Å²) in [7, 11) is 0. The Labute approximate surface area is 81.8 Å². The van der Waals surface area contributed by atoms with Gasteiger partial charge in [-0.15, -0.1) is 11.3 Å². The molecule has 1 aliphatic rings. The maximum Gasteiger partial charge on any atom is 0.0794 e. The Morgan fingerprint density at radius 3 is 3.31 bits per heavy atom. The van der Waals surface area contributed by atoms with E-state index in [1.165, 1.54) is 11.3 Å². The van der Waals surface area contributed by atoms with Gasteiger partial charge >= 0.3 is 0 Å². The van der Waals surface area contributed by atoms with E-state index in [1.54, 1.807) is 11.3 Å². The van der Waals surface area contributed by atoms with Crippen LogP contribution in [0.3, 0.4) is 0 Å². The molecule has 13 heavy (non-hydrogen) atoms. The molecule has 1 fully saturated rings. The van der Waals surface area contributed by atoms with Crippen molar-refractivity contribution in [2.75, 3.05) is 6.54 Å². The van der Waals surface area contributed by atoms with E-state index in [9.17, 15) is 5.11 Å². The topological polar surface area (TPSA) is 45.2 Å². The van der Waals surface area contributed by atoms with Gasteiger partial charge in [0.1, 0.15) is 0 Å². The Kier molecular flexibility index (Phi) is 2.93. The van der Waals surface area contributed by atoms with Crippen LogP contribution < -0.4 is 5.32 Å². The molecule has 0 radical (unpaired) electrons. The van der Waals surface area contributed by atoms with Crippen LogP contribution in [-0.4, -0.2) is 28.8 Å². The molecule has 2 rings (SSSR count). The molecule has 0 aliphatic carbocycles. The summed E-state index contributed by atoms with van der Waals surface area (Å²) in [5, 5.41) is 13.1. The Morgan fingerprint density at radius 2 is 2.69 bits per heavy atom. The van der Waals surface area contributed by atoms with Gasteiger partial charge in [-0.25, -0.2) is 0 Å². The maximum absolute atomic E-state index is 9.84. The smallest absolute Gasteiger partial charge is 0.0794 e. The molecule has 2 unspecified atom stereocenters. The molecule has 72 valence electrons. The van der Waals surface area contributed by atoms with E-state index in [0.717, 1.165) is 19.4 Å². The number of hydrogen-bond acceptors (Lipinski definition) is 4. The molecule has 0 aromatic carbocycles. The fraction of sp³-hybridized carbons (Fsp3) is 0.667. The summed E-state index contributed by atoms with van der Waals surface area (Å²) in [6, 6.07) is 0.294. The van der Waals surface area contributed by atoms with E-state index < -0.39 is 0 Å². The summed E-state index contributed by atoms with van der Waals surface area (Å²) in [5.74, 6) is 0. The predicted octanol–water partition coefficient (Wildman–Crippen LogP) is 0.798. The van der Waals surface area contributed by atoms with Crippen LogP contribution in [0, 0.1) is 0 Å². The van der Waals surface area contributed by atoms with Crippen molar-refractivity contribution in [1.29, 1.82) is 0 Å². The largest absolute Gasteiger partial charge is 0.391 e. The van der Waals surface area contributed by atoms with Gasteiger partial charge in [0, 0.05) is 23.5 Å². The molecule has 1 aromatic heterocycles. The van der Waals surface area contributed by atoms with Crippen molar-refractivity contribution >= 4 is 11.3 Å². The second-order valence-corrected chi connectivity index (χ2v) is 4.41. The molecular formula is C9H14N2OS. The van der Waals surface area contributed by atoms with Crippen LogP contribution >= 0.6 is 11.3 Å². The number of nitrogens with one attached hydrogen (secondary N) is 1. The molecule has 0 spiro atoms. The fourth-order valence-electron chi connectivity index (χ4n) is 1.73. The highest BCUT2D eigenvalue weighted by molar-refractivity contribution is 7.09. The van der Waals surface area contributed by atoms with Gasteiger partial charge in [-0.2, -0.15) is 0 Å². The first kappa shape index (κ1) is 9.12. The first-order valence-corrected chi connectivity index (χ1v) is 5.53. The quantitative estimate of drug-likeness (QED) is 0.755. The van der Waals surface area contributed by atoms with Crippen molar-refractivity contribution in [2.45, 2.75) is 31.4 Å². The van der Waals surface area contributed by atoms with Crippen molar-refractivity contribution in [3.63, 3.8) is 0 Å². The summed E-state index contributed by atoms with van der Waals surface area (Å²) in [6.07, 6.45) is 4.61. The van der Waals surface area contributed by atoms with Crippen molar-refractivity contribution in [1.82, 2.24) is 10.3 Å². The van der Waals surface area contributed by atoms with Gasteiger partial charge in [0.25, 0.3) is 0 Å². The van der Waals surface area contributed by atoms with Gasteiger partial charge in [-0.1, -0.05) is 0 Å². The highest BCUT2D eigenvalue weighted by Gasteiger charge is 2.22. The number of aromatic nitrogens is 1. The Bertz CT molecular complexity index is 244. The van der Waals surface area contributed by atoms with Crippen LogP contribution in [0.1, 0.15) is 17.7 Å². The fourth-order valence-corrected chi connectivity index (χ4v) is 2.38. The molecule has 0 bridgehead atoms. The van der Waals surface area contributed by atoms with Crippen molar-refractivity contribution in [3.05, 3.63) is 16.6 Å². The van der Waals surface area contributed by atoms with Crippen LogP contribution in [0.2, 0.25) is 0 Å². The minimum Gasteiger partial charge on any atom is -0.391 e. The molecule has 1 saturated heterocycles. The normalized spacial score (nSPS) is 24.8. The number of aliphatic hydroxyl groups is 1. The third-order valence-electron chi connectivity index (χ3n) is 2.46. The molecule has 0 saturated carbocycles. The van der Waals surface area contributed by atoms with Crippen LogP contribution in [0.25, 0.3) is 0 Å². The van der Waals surface area contributed by atoms with Crippen LogP contribution in [0.4, 0.5) is 0 Å². The van der Waals surface area contributed by atoms with E-state index >= 15 is 0 Å². The molecule has 3 nitrogen and oxygen atoms in total. The average molecular weight is 198 g/mol. The third-order valence-corrected chi connectivity index (χ3v) is 3.26. The van der Waals surface area contributed by atoms with E-state index in [4.69, 9.17) is 0 Å².